The molecule has 1 aliphatic heterocycles. The van der Waals surface area contributed by atoms with E-state index in [4.69, 9.17) is 4.74 Å². The maximum atomic E-state index is 12.2. The Balaban J connectivity index is 2.16. The van der Waals surface area contributed by atoms with Crippen LogP contribution in [-0.4, -0.2) is 48.1 Å². The van der Waals surface area contributed by atoms with E-state index in [1.807, 2.05) is 13.8 Å². The Morgan fingerprint density at radius 3 is 2.58 bits per heavy atom. The van der Waals surface area contributed by atoms with E-state index in [1.54, 1.807) is 4.90 Å². The molecule has 0 aromatic heterocycles. The Morgan fingerprint density at radius 2 is 2.05 bits per heavy atom. The second kappa shape index (κ2) is 5.12. The van der Waals surface area contributed by atoms with Crippen molar-refractivity contribution in [3.8, 4) is 0 Å². The number of piperazine rings is 1. The lowest BCUT2D eigenvalue weighted by Gasteiger charge is -2.57. The van der Waals surface area contributed by atoms with Crippen LogP contribution in [-0.2, 0) is 14.3 Å². The zero-order chi connectivity index (χ0) is 14.2. The zero-order valence-corrected chi connectivity index (χ0v) is 12.2. The Bertz CT molecular complexity index is 381. The summed E-state index contributed by atoms with van der Waals surface area (Å²) in [6.07, 6.45) is 1.66. The molecule has 5 heteroatoms. The Hall–Kier alpha value is -1.10. The molecule has 19 heavy (non-hydrogen) atoms. The number of hydrogen-bond donors (Lipinski definition) is 1. The summed E-state index contributed by atoms with van der Waals surface area (Å²) in [6, 6.07) is -0.222. The minimum absolute atomic E-state index is 0.0273. The van der Waals surface area contributed by atoms with Crippen LogP contribution in [0.2, 0.25) is 0 Å². The Labute approximate surface area is 114 Å². The van der Waals surface area contributed by atoms with Gasteiger partial charge in [0.25, 0.3) is 0 Å². The van der Waals surface area contributed by atoms with Gasteiger partial charge >= 0.3 is 0 Å². The maximum Gasteiger partial charge on any atom is 0.243 e. The number of amides is 2. The van der Waals surface area contributed by atoms with E-state index in [1.165, 1.54) is 0 Å². The van der Waals surface area contributed by atoms with Gasteiger partial charge in [-0.15, -0.1) is 0 Å². The van der Waals surface area contributed by atoms with Crippen molar-refractivity contribution in [1.29, 1.82) is 0 Å². The van der Waals surface area contributed by atoms with Crippen molar-refractivity contribution in [2.45, 2.75) is 58.7 Å². The summed E-state index contributed by atoms with van der Waals surface area (Å²) in [6.45, 7) is 8.98. The third-order valence-corrected chi connectivity index (χ3v) is 4.56. The van der Waals surface area contributed by atoms with Crippen LogP contribution in [0.4, 0.5) is 0 Å². The van der Waals surface area contributed by atoms with Gasteiger partial charge in [0.1, 0.15) is 6.04 Å². The highest BCUT2D eigenvalue weighted by Crippen LogP contribution is 2.47. The smallest absolute Gasteiger partial charge is 0.243 e. The second-order valence-corrected chi connectivity index (χ2v) is 5.96. The topological polar surface area (TPSA) is 58.6 Å². The fourth-order valence-electron chi connectivity index (χ4n) is 3.27. The Kier molecular flexibility index (Phi) is 3.85. The van der Waals surface area contributed by atoms with Gasteiger partial charge in [-0.25, -0.2) is 0 Å². The quantitative estimate of drug-likeness (QED) is 0.825. The van der Waals surface area contributed by atoms with Crippen LogP contribution in [0.5, 0.6) is 0 Å². The number of hydrogen-bond acceptors (Lipinski definition) is 3. The van der Waals surface area contributed by atoms with Gasteiger partial charge in [-0.1, -0.05) is 20.8 Å². The normalized spacial score (nSPS) is 33.9. The summed E-state index contributed by atoms with van der Waals surface area (Å²) >= 11 is 0. The Morgan fingerprint density at radius 1 is 1.37 bits per heavy atom. The summed E-state index contributed by atoms with van der Waals surface area (Å²) in [5.41, 5.74) is -0.0866. The van der Waals surface area contributed by atoms with Crippen molar-refractivity contribution in [2.24, 2.45) is 5.41 Å². The average Bonchev–Trinajstić information content (AvgIpc) is 2.37. The lowest BCUT2D eigenvalue weighted by Crippen LogP contribution is -2.70. The molecule has 0 bridgehead atoms. The molecule has 2 fully saturated rings. The van der Waals surface area contributed by atoms with Gasteiger partial charge in [-0.05, 0) is 19.8 Å². The predicted octanol–water partition coefficient (Wildman–Crippen LogP) is 0.927. The maximum absolute atomic E-state index is 12.2. The number of carbonyl (C=O) groups is 2. The predicted molar refractivity (Wildman–Crippen MR) is 71.5 cm³/mol. The first-order valence-electron chi connectivity index (χ1n) is 7.13. The lowest BCUT2D eigenvalue weighted by molar-refractivity contribution is -0.179. The summed E-state index contributed by atoms with van der Waals surface area (Å²) in [5, 5.41) is 2.67. The highest BCUT2D eigenvalue weighted by molar-refractivity contribution is 5.95. The standard InChI is InChI=1S/C14H24N2O3/c1-5-9-13(18)15-8-12(17)16(9)10-7-11(19-6-2)14(10,3)4/h9-11H,5-8H2,1-4H3,(H,15,18). The van der Waals surface area contributed by atoms with Crippen molar-refractivity contribution in [3.05, 3.63) is 0 Å². The molecule has 0 spiro atoms. The average molecular weight is 268 g/mol. The molecular formula is C14H24N2O3. The van der Waals surface area contributed by atoms with E-state index < -0.39 is 0 Å². The number of rotatable bonds is 4. The molecule has 3 atom stereocenters. The van der Waals surface area contributed by atoms with E-state index in [0.717, 1.165) is 6.42 Å². The van der Waals surface area contributed by atoms with Gasteiger partial charge in [-0.3, -0.25) is 9.59 Å². The largest absolute Gasteiger partial charge is 0.378 e. The second-order valence-electron chi connectivity index (χ2n) is 5.96. The number of carbonyl (C=O) groups excluding carboxylic acids is 2. The van der Waals surface area contributed by atoms with Crippen LogP contribution in [0, 0.1) is 5.41 Å². The SMILES string of the molecule is CCOC1CC(N2C(=O)CNC(=O)C2CC)C1(C)C. The molecule has 2 rings (SSSR count). The van der Waals surface area contributed by atoms with Gasteiger partial charge in [-0.2, -0.15) is 0 Å². The van der Waals surface area contributed by atoms with Gasteiger partial charge in [0.05, 0.1) is 12.6 Å². The number of nitrogens with zero attached hydrogens (tertiary/aromatic N) is 1. The fraction of sp³-hybridized carbons (Fsp3) is 0.857. The van der Waals surface area contributed by atoms with Gasteiger partial charge < -0.3 is 15.0 Å². The highest BCUT2D eigenvalue weighted by atomic mass is 16.5. The van der Waals surface area contributed by atoms with Crippen LogP contribution in [0.1, 0.15) is 40.5 Å². The molecular weight excluding hydrogens is 244 g/mol. The summed E-state index contributed by atoms with van der Waals surface area (Å²) in [5.74, 6) is -0.00256. The van der Waals surface area contributed by atoms with E-state index in [2.05, 4.69) is 19.2 Å². The van der Waals surface area contributed by atoms with Crippen molar-refractivity contribution in [1.82, 2.24) is 10.2 Å². The highest BCUT2D eigenvalue weighted by Gasteiger charge is 2.55. The third-order valence-electron chi connectivity index (χ3n) is 4.56. The molecule has 1 aliphatic carbocycles. The molecule has 0 aromatic rings. The summed E-state index contributed by atoms with van der Waals surface area (Å²) < 4.78 is 5.71. The van der Waals surface area contributed by atoms with Crippen LogP contribution >= 0.6 is 0 Å². The lowest BCUT2D eigenvalue weighted by atomic mass is 9.63. The molecule has 0 aromatic carbocycles. The third kappa shape index (κ3) is 2.24. The first kappa shape index (κ1) is 14.3. The first-order valence-corrected chi connectivity index (χ1v) is 7.13. The van der Waals surface area contributed by atoms with E-state index >= 15 is 0 Å². The molecule has 2 amide bonds. The molecule has 1 saturated heterocycles. The molecule has 1 heterocycles. The number of nitrogens with one attached hydrogen (secondary N) is 1. The van der Waals surface area contributed by atoms with Crippen LogP contribution < -0.4 is 5.32 Å². The molecule has 5 nitrogen and oxygen atoms in total. The van der Waals surface area contributed by atoms with E-state index in [9.17, 15) is 9.59 Å². The van der Waals surface area contributed by atoms with E-state index in [-0.39, 0.29) is 42.0 Å². The fourth-order valence-corrected chi connectivity index (χ4v) is 3.27. The van der Waals surface area contributed by atoms with Crippen LogP contribution in [0.15, 0.2) is 0 Å². The molecule has 1 saturated carbocycles. The molecule has 3 unspecified atom stereocenters. The van der Waals surface area contributed by atoms with Crippen molar-refractivity contribution in [2.75, 3.05) is 13.2 Å². The molecule has 108 valence electrons. The molecule has 0 radical (unpaired) electrons. The first-order chi connectivity index (χ1) is 8.93. The number of ether oxygens (including phenoxy) is 1. The minimum Gasteiger partial charge on any atom is -0.378 e. The van der Waals surface area contributed by atoms with Gasteiger partial charge in [0.15, 0.2) is 0 Å². The van der Waals surface area contributed by atoms with Crippen molar-refractivity contribution < 1.29 is 14.3 Å². The monoisotopic (exact) mass is 268 g/mol. The zero-order valence-electron chi connectivity index (χ0n) is 12.2. The van der Waals surface area contributed by atoms with Gasteiger partial charge in [0.2, 0.25) is 11.8 Å². The summed E-state index contributed by atoms with van der Waals surface area (Å²) in [4.78, 5) is 25.9. The van der Waals surface area contributed by atoms with Crippen LogP contribution in [0.25, 0.3) is 0 Å². The van der Waals surface area contributed by atoms with E-state index in [0.29, 0.717) is 13.0 Å². The van der Waals surface area contributed by atoms with Crippen molar-refractivity contribution in [3.63, 3.8) is 0 Å². The minimum atomic E-state index is -0.326. The molecule has 2 aliphatic rings. The summed E-state index contributed by atoms with van der Waals surface area (Å²) in [7, 11) is 0. The molecule has 1 N–H and O–H groups in total. The van der Waals surface area contributed by atoms with Crippen molar-refractivity contribution >= 4 is 11.8 Å². The van der Waals surface area contributed by atoms with Gasteiger partial charge in [0, 0.05) is 18.1 Å². The van der Waals surface area contributed by atoms with Crippen LogP contribution in [0.3, 0.4) is 0 Å².